The fraction of sp³-hybridized carbons (Fsp3) is 0.889. The lowest BCUT2D eigenvalue weighted by atomic mass is 9.81. The molecule has 0 spiro atoms. The van der Waals surface area contributed by atoms with Crippen LogP contribution in [0.4, 0.5) is 0 Å². The average Bonchev–Trinajstić information content (AvgIpc) is 2.95. The van der Waals surface area contributed by atoms with Gasteiger partial charge in [0, 0.05) is 11.6 Å². The third-order valence-electron chi connectivity index (χ3n) is 5.30. The van der Waals surface area contributed by atoms with E-state index < -0.39 is 0 Å². The average molecular weight is 278 g/mol. The largest absolute Gasteiger partial charge is 0.312 e. The molecule has 1 heterocycles. The first-order valence-electron chi connectivity index (χ1n) is 8.82. The van der Waals surface area contributed by atoms with Gasteiger partial charge in [-0.1, -0.05) is 31.8 Å². The lowest BCUT2D eigenvalue weighted by molar-refractivity contribution is 0.0367. The zero-order chi connectivity index (χ0) is 14.4. The molecule has 1 aliphatic heterocycles. The van der Waals surface area contributed by atoms with Crippen LogP contribution in [0.25, 0.3) is 0 Å². The van der Waals surface area contributed by atoms with Crippen LogP contribution in [0.3, 0.4) is 0 Å². The van der Waals surface area contributed by atoms with Crippen LogP contribution in [0.15, 0.2) is 12.2 Å². The third kappa shape index (κ3) is 3.65. The van der Waals surface area contributed by atoms with Gasteiger partial charge in [-0.15, -0.1) is 6.58 Å². The summed E-state index contributed by atoms with van der Waals surface area (Å²) in [6, 6.07) is 0.612. The van der Waals surface area contributed by atoms with Gasteiger partial charge in [0.25, 0.3) is 0 Å². The van der Waals surface area contributed by atoms with E-state index in [9.17, 15) is 0 Å². The zero-order valence-electron chi connectivity index (χ0n) is 13.7. The van der Waals surface area contributed by atoms with Gasteiger partial charge in [0.1, 0.15) is 0 Å². The molecule has 1 aliphatic carbocycles. The highest BCUT2D eigenvalue weighted by molar-refractivity contribution is 5.08. The summed E-state index contributed by atoms with van der Waals surface area (Å²) >= 11 is 0. The highest BCUT2D eigenvalue weighted by atomic mass is 15.2. The summed E-state index contributed by atoms with van der Waals surface area (Å²) in [5.41, 5.74) is 1.76. The van der Waals surface area contributed by atoms with E-state index in [1.54, 1.807) is 0 Å². The Morgan fingerprint density at radius 2 is 1.80 bits per heavy atom. The number of rotatable bonds is 7. The molecule has 1 atom stereocenters. The molecular weight excluding hydrogens is 244 g/mol. The van der Waals surface area contributed by atoms with Gasteiger partial charge in [0.05, 0.1) is 0 Å². The second kappa shape index (κ2) is 7.61. The Bertz CT molecular complexity index is 299. The molecule has 0 radical (unpaired) electrons. The van der Waals surface area contributed by atoms with Crippen LogP contribution in [0.1, 0.15) is 71.6 Å². The predicted molar refractivity (Wildman–Crippen MR) is 88.1 cm³/mol. The third-order valence-corrected chi connectivity index (χ3v) is 5.30. The van der Waals surface area contributed by atoms with Gasteiger partial charge in [-0.25, -0.2) is 0 Å². The van der Waals surface area contributed by atoms with Crippen molar-refractivity contribution in [3.05, 3.63) is 12.2 Å². The second-order valence-corrected chi connectivity index (χ2v) is 7.03. The minimum absolute atomic E-state index is 0.425. The first kappa shape index (κ1) is 16.0. The van der Waals surface area contributed by atoms with Crippen LogP contribution in [-0.4, -0.2) is 36.1 Å². The topological polar surface area (TPSA) is 15.3 Å². The Morgan fingerprint density at radius 1 is 1.15 bits per heavy atom. The maximum atomic E-state index is 4.19. The van der Waals surface area contributed by atoms with E-state index in [-0.39, 0.29) is 0 Å². The Morgan fingerprint density at radius 3 is 2.35 bits per heavy atom. The van der Waals surface area contributed by atoms with Gasteiger partial charge < -0.3 is 5.32 Å². The molecule has 2 fully saturated rings. The molecule has 2 nitrogen and oxygen atoms in total. The first-order valence-corrected chi connectivity index (χ1v) is 8.82. The molecule has 1 saturated carbocycles. The summed E-state index contributed by atoms with van der Waals surface area (Å²) in [5.74, 6) is 0. The molecule has 0 aromatic carbocycles. The van der Waals surface area contributed by atoms with Crippen LogP contribution >= 0.6 is 0 Å². The fourth-order valence-electron chi connectivity index (χ4n) is 4.33. The van der Waals surface area contributed by atoms with E-state index in [0.717, 1.165) is 13.0 Å². The molecule has 2 heteroatoms. The highest BCUT2D eigenvalue weighted by Gasteiger charge is 2.45. The highest BCUT2D eigenvalue weighted by Crippen LogP contribution is 2.41. The molecule has 116 valence electrons. The van der Waals surface area contributed by atoms with Crippen molar-refractivity contribution >= 4 is 0 Å². The Kier molecular flexibility index (Phi) is 6.10. The van der Waals surface area contributed by atoms with Crippen LogP contribution in [-0.2, 0) is 0 Å². The fourth-order valence-corrected chi connectivity index (χ4v) is 4.33. The van der Waals surface area contributed by atoms with Crippen molar-refractivity contribution in [2.75, 3.05) is 19.6 Å². The van der Waals surface area contributed by atoms with Crippen molar-refractivity contribution in [3.63, 3.8) is 0 Å². The van der Waals surface area contributed by atoms with E-state index in [4.69, 9.17) is 0 Å². The number of nitrogens with zero attached hydrogens (tertiary/aromatic N) is 1. The van der Waals surface area contributed by atoms with Crippen molar-refractivity contribution in [2.24, 2.45) is 0 Å². The van der Waals surface area contributed by atoms with Crippen molar-refractivity contribution in [2.45, 2.75) is 83.2 Å². The Labute approximate surface area is 126 Å². The summed E-state index contributed by atoms with van der Waals surface area (Å²) in [7, 11) is 0. The van der Waals surface area contributed by atoms with E-state index >= 15 is 0 Å². The van der Waals surface area contributed by atoms with Gasteiger partial charge >= 0.3 is 0 Å². The number of piperidine rings is 1. The van der Waals surface area contributed by atoms with E-state index in [2.05, 4.69) is 30.6 Å². The van der Waals surface area contributed by atoms with Crippen molar-refractivity contribution < 1.29 is 0 Å². The molecule has 2 aliphatic rings. The molecule has 1 saturated heterocycles. The maximum absolute atomic E-state index is 4.19. The maximum Gasteiger partial charge on any atom is 0.0365 e. The Hall–Kier alpha value is -0.340. The predicted octanol–water partition coefficient (Wildman–Crippen LogP) is 4.12. The quantitative estimate of drug-likeness (QED) is 0.705. The molecule has 1 unspecified atom stereocenters. The number of likely N-dealkylation sites (tertiary alicyclic amines) is 1. The summed E-state index contributed by atoms with van der Waals surface area (Å²) in [6.07, 6.45) is 12.2. The van der Waals surface area contributed by atoms with E-state index in [1.165, 1.54) is 70.0 Å². The lowest BCUT2D eigenvalue weighted by Crippen LogP contribution is -2.61. The SMILES string of the molecule is C=C(C)CC(NCCC)C1(N2CCCCC2)CCCC1. The summed E-state index contributed by atoms with van der Waals surface area (Å²) in [4.78, 5) is 2.85. The van der Waals surface area contributed by atoms with Crippen LogP contribution in [0.2, 0.25) is 0 Å². The number of nitrogens with one attached hydrogen (secondary N) is 1. The van der Waals surface area contributed by atoms with Crippen molar-refractivity contribution in [3.8, 4) is 0 Å². The van der Waals surface area contributed by atoms with Crippen molar-refractivity contribution in [1.82, 2.24) is 10.2 Å². The van der Waals surface area contributed by atoms with Gasteiger partial charge in [0.15, 0.2) is 0 Å². The Balaban J connectivity index is 2.14. The molecule has 0 bridgehead atoms. The van der Waals surface area contributed by atoms with Gasteiger partial charge in [-0.2, -0.15) is 0 Å². The van der Waals surface area contributed by atoms with E-state index in [1.807, 2.05) is 0 Å². The standard InChI is InChI=1S/C18H34N2/c1-4-12-19-17(15-16(2)3)18(10-6-7-11-18)20-13-8-5-9-14-20/h17,19H,2,4-15H2,1,3H3. The van der Waals surface area contributed by atoms with Crippen LogP contribution in [0.5, 0.6) is 0 Å². The second-order valence-electron chi connectivity index (χ2n) is 7.03. The van der Waals surface area contributed by atoms with Crippen LogP contribution < -0.4 is 5.32 Å². The molecule has 0 aromatic heterocycles. The molecule has 2 rings (SSSR count). The molecule has 20 heavy (non-hydrogen) atoms. The van der Waals surface area contributed by atoms with Crippen molar-refractivity contribution in [1.29, 1.82) is 0 Å². The minimum Gasteiger partial charge on any atom is -0.312 e. The monoisotopic (exact) mass is 278 g/mol. The van der Waals surface area contributed by atoms with E-state index in [0.29, 0.717) is 11.6 Å². The molecular formula is C18H34N2. The van der Waals surface area contributed by atoms with Gasteiger partial charge in [0.2, 0.25) is 0 Å². The number of hydrogen-bond donors (Lipinski definition) is 1. The minimum atomic E-state index is 0.425. The normalized spacial score (nSPS) is 24.7. The molecule has 1 N–H and O–H groups in total. The van der Waals surface area contributed by atoms with Crippen LogP contribution in [0, 0.1) is 0 Å². The summed E-state index contributed by atoms with van der Waals surface area (Å²) in [6.45, 7) is 12.4. The lowest BCUT2D eigenvalue weighted by Gasteiger charge is -2.49. The smallest absolute Gasteiger partial charge is 0.0365 e. The van der Waals surface area contributed by atoms with Gasteiger partial charge in [-0.3, -0.25) is 4.90 Å². The van der Waals surface area contributed by atoms with Gasteiger partial charge in [-0.05, 0) is 65.1 Å². The zero-order valence-corrected chi connectivity index (χ0v) is 13.7. The number of hydrogen-bond acceptors (Lipinski definition) is 2. The summed E-state index contributed by atoms with van der Waals surface area (Å²) < 4.78 is 0. The summed E-state index contributed by atoms with van der Waals surface area (Å²) in [5, 5.41) is 3.88. The first-order chi connectivity index (χ1) is 9.69. The molecule has 0 aromatic rings. The molecule has 0 amide bonds.